The van der Waals surface area contributed by atoms with Gasteiger partial charge in [-0.15, -0.1) is 0 Å². The minimum atomic E-state index is -0.939. The molecule has 2 aromatic rings. The fraction of sp³-hybridized carbons (Fsp3) is 0.200. The van der Waals surface area contributed by atoms with Crippen molar-refractivity contribution < 1.29 is 17.9 Å². The molecule has 0 aliphatic rings. The molecule has 0 fully saturated rings. The van der Waals surface area contributed by atoms with E-state index in [1.54, 1.807) is 6.07 Å². The van der Waals surface area contributed by atoms with E-state index in [0.717, 1.165) is 12.1 Å². The molecule has 0 saturated heterocycles. The van der Waals surface area contributed by atoms with Gasteiger partial charge in [0, 0.05) is 11.1 Å². The Morgan fingerprint density at radius 2 is 1.60 bits per heavy atom. The Labute approximate surface area is 115 Å². The van der Waals surface area contributed by atoms with Crippen LogP contribution in [0.15, 0.2) is 36.4 Å². The molecule has 0 aliphatic heterocycles. The van der Waals surface area contributed by atoms with Gasteiger partial charge in [-0.2, -0.15) is 0 Å². The van der Waals surface area contributed by atoms with Crippen LogP contribution >= 0.6 is 0 Å². The van der Waals surface area contributed by atoms with Crippen molar-refractivity contribution in [2.75, 3.05) is 14.2 Å². The Hall–Kier alpha value is -2.01. The molecule has 20 heavy (non-hydrogen) atoms. The Bertz CT molecular complexity index is 596. The average Bonchev–Trinajstić information content (AvgIpc) is 2.44. The molecule has 0 amide bonds. The molecular weight excluding hydrogens is 267 g/mol. The third-order valence-corrected chi connectivity index (χ3v) is 3.10. The van der Waals surface area contributed by atoms with Crippen molar-refractivity contribution in [3.05, 3.63) is 65.0 Å². The number of halogens is 3. The molecule has 0 heterocycles. The van der Waals surface area contributed by atoms with Crippen LogP contribution in [0, 0.1) is 17.5 Å². The lowest BCUT2D eigenvalue weighted by Gasteiger charge is -2.20. The minimum absolute atomic E-state index is 0.0273. The topological polar surface area (TPSA) is 21.3 Å². The van der Waals surface area contributed by atoms with E-state index in [-0.39, 0.29) is 16.9 Å². The number of hydrogen-bond donors (Lipinski definition) is 1. The summed E-state index contributed by atoms with van der Waals surface area (Å²) in [5.41, 5.74) is -0.0991. The van der Waals surface area contributed by atoms with Crippen LogP contribution in [-0.2, 0) is 0 Å². The standard InChI is InChI=1S/C15H14F3NO/c1-19-15(13-10(16)6-4-7-11(13)17)9-5-3-8-12(20-2)14(9)18/h3-8,15,19H,1-2H3. The first-order valence-corrected chi connectivity index (χ1v) is 6.03. The van der Waals surface area contributed by atoms with E-state index in [9.17, 15) is 13.2 Å². The maximum atomic E-state index is 14.2. The predicted molar refractivity (Wildman–Crippen MR) is 70.2 cm³/mol. The van der Waals surface area contributed by atoms with E-state index in [4.69, 9.17) is 4.74 Å². The van der Waals surface area contributed by atoms with Crippen LogP contribution in [-0.4, -0.2) is 14.2 Å². The fourth-order valence-electron chi connectivity index (χ4n) is 2.15. The second-order valence-corrected chi connectivity index (χ2v) is 4.22. The van der Waals surface area contributed by atoms with Gasteiger partial charge in [-0.1, -0.05) is 18.2 Å². The Balaban J connectivity index is 2.59. The number of ether oxygens (including phenoxy) is 1. The maximum Gasteiger partial charge on any atom is 0.170 e. The maximum absolute atomic E-state index is 14.2. The van der Waals surface area contributed by atoms with Gasteiger partial charge in [-0.25, -0.2) is 13.2 Å². The van der Waals surface area contributed by atoms with Gasteiger partial charge in [0.15, 0.2) is 11.6 Å². The molecule has 106 valence electrons. The van der Waals surface area contributed by atoms with E-state index in [2.05, 4.69) is 5.32 Å². The van der Waals surface area contributed by atoms with Crippen LogP contribution < -0.4 is 10.1 Å². The number of hydrogen-bond acceptors (Lipinski definition) is 2. The lowest BCUT2D eigenvalue weighted by molar-refractivity contribution is 0.381. The summed E-state index contributed by atoms with van der Waals surface area (Å²) in [7, 11) is 2.84. The molecule has 0 bridgehead atoms. The van der Waals surface area contributed by atoms with Gasteiger partial charge in [-0.3, -0.25) is 0 Å². The summed E-state index contributed by atoms with van der Waals surface area (Å²) in [6.07, 6.45) is 0. The van der Waals surface area contributed by atoms with Crippen LogP contribution in [0.4, 0.5) is 13.2 Å². The van der Waals surface area contributed by atoms with E-state index in [1.807, 2.05) is 0 Å². The first-order valence-electron chi connectivity index (χ1n) is 6.03. The quantitative estimate of drug-likeness (QED) is 0.927. The van der Waals surface area contributed by atoms with Crippen LogP contribution in [0.2, 0.25) is 0 Å². The van der Waals surface area contributed by atoms with Gasteiger partial charge in [0.1, 0.15) is 11.6 Å². The van der Waals surface area contributed by atoms with Gasteiger partial charge < -0.3 is 10.1 Å². The van der Waals surface area contributed by atoms with Crippen molar-refractivity contribution in [2.24, 2.45) is 0 Å². The molecule has 2 rings (SSSR count). The van der Waals surface area contributed by atoms with Crippen LogP contribution in [0.1, 0.15) is 17.2 Å². The Morgan fingerprint density at radius 1 is 1.00 bits per heavy atom. The molecule has 0 aromatic heterocycles. The highest BCUT2D eigenvalue weighted by Crippen LogP contribution is 2.31. The molecule has 0 spiro atoms. The number of methoxy groups -OCH3 is 1. The summed E-state index contributed by atoms with van der Waals surface area (Å²) in [6, 6.07) is 7.09. The molecule has 2 aromatic carbocycles. The van der Waals surface area contributed by atoms with E-state index >= 15 is 0 Å². The van der Waals surface area contributed by atoms with E-state index in [0.29, 0.717) is 0 Å². The summed E-state index contributed by atoms with van der Waals surface area (Å²) in [5.74, 6) is -2.07. The molecule has 5 heteroatoms. The summed E-state index contributed by atoms with van der Waals surface area (Å²) in [4.78, 5) is 0. The van der Waals surface area contributed by atoms with Crippen molar-refractivity contribution >= 4 is 0 Å². The first kappa shape index (κ1) is 14.4. The van der Waals surface area contributed by atoms with Gasteiger partial charge >= 0.3 is 0 Å². The third kappa shape index (κ3) is 2.49. The molecule has 0 saturated carbocycles. The predicted octanol–water partition coefficient (Wildman–Crippen LogP) is 3.42. The van der Waals surface area contributed by atoms with Crippen molar-refractivity contribution in [3.63, 3.8) is 0 Å². The van der Waals surface area contributed by atoms with Crippen LogP contribution in [0.25, 0.3) is 0 Å². The van der Waals surface area contributed by atoms with E-state index in [1.165, 1.54) is 32.4 Å². The molecule has 0 radical (unpaired) electrons. The zero-order chi connectivity index (χ0) is 14.7. The highest BCUT2D eigenvalue weighted by Gasteiger charge is 2.24. The first-order chi connectivity index (χ1) is 9.60. The van der Waals surface area contributed by atoms with Crippen molar-refractivity contribution in [1.82, 2.24) is 5.32 Å². The largest absolute Gasteiger partial charge is 0.494 e. The Morgan fingerprint density at radius 3 is 2.15 bits per heavy atom. The summed E-state index contributed by atoms with van der Waals surface area (Å²) >= 11 is 0. The highest BCUT2D eigenvalue weighted by atomic mass is 19.1. The average molecular weight is 281 g/mol. The zero-order valence-corrected chi connectivity index (χ0v) is 11.1. The van der Waals surface area contributed by atoms with Gasteiger partial charge in [0.25, 0.3) is 0 Å². The minimum Gasteiger partial charge on any atom is -0.494 e. The van der Waals surface area contributed by atoms with Crippen LogP contribution in [0.3, 0.4) is 0 Å². The molecule has 1 atom stereocenters. The fourth-order valence-corrected chi connectivity index (χ4v) is 2.15. The summed E-state index contributed by atoms with van der Waals surface area (Å²) in [5, 5.41) is 2.73. The monoisotopic (exact) mass is 281 g/mol. The summed E-state index contributed by atoms with van der Waals surface area (Å²) in [6.45, 7) is 0. The number of nitrogens with one attached hydrogen (secondary N) is 1. The third-order valence-electron chi connectivity index (χ3n) is 3.10. The lowest BCUT2D eigenvalue weighted by atomic mass is 9.97. The highest BCUT2D eigenvalue weighted by molar-refractivity contribution is 5.39. The number of benzene rings is 2. The lowest BCUT2D eigenvalue weighted by Crippen LogP contribution is -2.21. The normalized spacial score (nSPS) is 12.2. The molecule has 0 aliphatic carbocycles. The Kier molecular flexibility index (Phi) is 4.29. The number of rotatable bonds is 4. The van der Waals surface area contributed by atoms with Gasteiger partial charge in [-0.05, 0) is 25.2 Å². The second-order valence-electron chi connectivity index (χ2n) is 4.22. The molecule has 1 unspecified atom stereocenters. The van der Waals surface area contributed by atoms with Crippen molar-refractivity contribution in [3.8, 4) is 5.75 Å². The molecule has 1 N–H and O–H groups in total. The van der Waals surface area contributed by atoms with Crippen molar-refractivity contribution in [2.45, 2.75) is 6.04 Å². The second kappa shape index (κ2) is 5.96. The SMILES string of the molecule is CNC(c1cccc(OC)c1F)c1c(F)cccc1F. The molecule has 2 nitrogen and oxygen atoms in total. The zero-order valence-electron chi connectivity index (χ0n) is 11.1. The van der Waals surface area contributed by atoms with Gasteiger partial charge in [0.2, 0.25) is 0 Å². The molecular formula is C15H14F3NO. The van der Waals surface area contributed by atoms with Crippen molar-refractivity contribution in [1.29, 1.82) is 0 Å². The van der Waals surface area contributed by atoms with E-state index < -0.39 is 23.5 Å². The van der Waals surface area contributed by atoms with Gasteiger partial charge in [0.05, 0.1) is 13.2 Å². The van der Waals surface area contributed by atoms with Crippen LogP contribution in [0.5, 0.6) is 5.75 Å². The summed E-state index contributed by atoms with van der Waals surface area (Å²) < 4.78 is 46.8. The smallest absolute Gasteiger partial charge is 0.170 e.